The molecule has 2 N–H and O–H groups in total. The lowest BCUT2D eigenvalue weighted by atomic mass is 9.46. The molecule has 0 unspecified atom stereocenters. The molecule has 1 saturated carbocycles. The number of phenols is 1. The Balaban J connectivity index is 1.24. The van der Waals surface area contributed by atoms with Crippen molar-refractivity contribution < 1.29 is 19.7 Å². The third-order valence-electron chi connectivity index (χ3n) is 10.7. The topological polar surface area (TPSA) is 73.2 Å². The number of piperidine rings is 1. The number of phenolic OH excluding ortho intramolecular Hbond substituents is 1. The highest BCUT2D eigenvalue weighted by atomic mass is 16.5. The molecule has 1 amide bonds. The van der Waals surface area contributed by atoms with Gasteiger partial charge in [0.05, 0.1) is 17.1 Å². The molecule has 7 rings (SSSR count). The molecular weight excluding hydrogens is 524 g/mol. The second-order valence-electron chi connectivity index (χ2n) is 13.0. The van der Waals surface area contributed by atoms with Gasteiger partial charge in [0.1, 0.15) is 6.10 Å². The summed E-state index contributed by atoms with van der Waals surface area (Å²) in [6, 6.07) is 22.0. The van der Waals surface area contributed by atoms with E-state index in [1.165, 1.54) is 5.56 Å². The van der Waals surface area contributed by atoms with Crippen LogP contribution in [-0.2, 0) is 23.1 Å². The fourth-order valence-corrected chi connectivity index (χ4v) is 8.85. The molecule has 4 aliphatic rings. The number of carbonyl (C=O) groups is 1. The van der Waals surface area contributed by atoms with E-state index >= 15 is 0 Å². The minimum atomic E-state index is -1.03. The van der Waals surface area contributed by atoms with Crippen LogP contribution in [0.4, 0.5) is 0 Å². The molecule has 0 radical (unpaired) electrons. The molecule has 2 bridgehead atoms. The number of nitrogens with zero attached hydrogens (tertiary/aromatic N) is 2. The third kappa shape index (κ3) is 3.95. The minimum Gasteiger partial charge on any atom is -0.504 e. The van der Waals surface area contributed by atoms with Crippen LogP contribution in [0.2, 0.25) is 0 Å². The Bertz CT molecular complexity index is 1550. The van der Waals surface area contributed by atoms with Crippen LogP contribution in [0.3, 0.4) is 0 Å². The van der Waals surface area contributed by atoms with Crippen LogP contribution in [0.15, 0.2) is 72.8 Å². The number of aromatic hydroxyl groups is 1. The summed E-state index contributed by atoms with van der Waals surface area (Å²) in [6.45, 7) is 5.88. The zero-order valence-electron chi connectivity index (χ0n) is 24.7. The zero-order valence-corrected chi connectivity index (χ0v) is 24.7. The SMILES string of the molecule is Cc1cccc(C=CC(=O)N(C)[C@H]2[C@H](C)C[C@@]3(O)[C@H]4Cc5ccc(O)c6c5[C@@]3(CCN4CCc3ccccc3)[C@H]2O6)c1. The van der Waals surface area contributed by atoms with Gasteiger partial charge >= 0.3 is 0 Å². The minimum absolute atomic E-state index is 0.0102. The van der Waals surface area contributed by atoms with Crippen molar-refractivity contribution in [2.24, 2.45) is 5.92 Å². The molecule has 1 saturated heterocycles. The summed E-state index contributed by atoms with van der Waals surface area (Å²) in [4.78, 5) is 17.9. The molecule has 0 aromatic heterocycles. The predicted molar refractivity (Wildman–Crippen MR) is 164 cm³/mol. The van der Waals surface area contributed by atoms with Gasteiger partial charge in [-0.2, -0.15) is 0 Å². The smallest absolute Gasteiger partial charge is 0.246 e. The summed E-state index contributed by atoms with van der Waals surface area (Å²) < 4.78 is 6.73. The average molecular weight is 565 g/mol. The first-order valence-corrected chi connectivity index (χ1v) is 15.3. The number of rotatable bonds is 6. The van der Waals surface area contributed by atoms with Gasteiger partial charge in [0, 0.05) is 31.3 Å². The second-order valence-corrected chi connectivity index (χ2v) is 13.0. The normalized spacial score (nSPS) is 31.0. The van der Waals surface area contributed by atoms with Crippen LogP contribution in [-0.4, -0.2) is 69.8 Å². The lowest BCUT2D eigenvalue weighted by molar-refractivity contribution is -0.211. The molecule has 218 valence electrons. The highest BCUT2D eigenvalue weighted by Gasteiger charge is 2.74. The van der Waals surface area contributed by atoms with E-state index in [2.05, 4.69) is 42.2 Å². The highest BCUT2D eigenvalue weighted by molar-refractivity contribution is 5.92. The van der Waals surface area contributed by atoms with Gasteiger partial charge in [-0.05, 0) is 73.9 Å². The highest BCUT2D eigenvalue weighted by Crippen LogP contribution is 2.66. The van der Waals surface area contributed by atoms with Crippen LogP contribution < -0.4 is 4.74 Å². The number of amides is 1. The molecule has 2 aliphatic carbocycles. The number of aryl methyl sites for hydroxylation is 1. The summed E-state index contributed by atoms with van der Waals surface area (Å²) in [5.74, 6) is 0.516. The second kappa shape index (κ2) is 9.99. The van der Waals surface area contributed by atoms with E-state index in [-0.39, 0.29) is 29.7 Å². The van der Waals surface area contributed by atoms with Gasteiger partial charge in [-0.25, -0.2) is 0 Å². The number of benzene rings is 3. The van der Waals surface area contributed by atoms with Crippen molar-refractivity contribution in [2.75, 3.05) is 20.1 Å². The summed E-state index contributed by atoms with van der Waals surface area (Å²) in [5.41, 5.74) is 3.83. The van der Waals surface area contributed by atoms with E-state index in [1.54, 1.807) is 12.1 Å². The maximum atomic E-state index is 13.6. The van der Waals surface area contributed by atoms with Gasteiger partial charge < -0.3 is 19.8 Å². The van der Waals surface area contributed by atoms with Gasteiger partial charge in [-0.15, -0.1) is 0 Å². The van der Waals surface area contributed by atoms with Gasteiger partial charge in [-0.3, -0.25) is 9.69 Å². The molecule has 42 heavy (non-hydrogen) atoms. The summed E-state index contributed by atoms with van der Waals surface area (Å²) >= 11 is 0. The number of likely N-dealkylation sites (N-methyl/N-ethyl adjacent to an activating group) is 1. The standard InChI is InChI=1S/C36H40N2O4/c1-23-8-7-11-26(20-23)12-15-30(40)37(3)32-24(2)22-36(41)29-21-27-13-14-28(39)33-31(27)35(36,34(32)42-33)17-19-38(29)18-16-25-9-5-4-6-10-25/h4-15,20,24,29,32,34,39,41H,16-19,21-22H2,1-3H3/t24-,29-,32+,34+,35+,36-/m1/s1. The quantitative estimate of drug-likeness (QED) is 0.418. The first-order valence-electron chi connectivity index (χ1n) is 15.3. The van der Waals surface area contributed by atoms with Crippen molar-refractivity contribution in [2.45, 2.75) is 68.7 Å². The fourth-order valence-electron chi connectivity index (χ4n) is 8.85. The van der Waals surface area contributed by atoms with Crippen LogP contribution in [0, 0.1) is 12.8 Å². The van der Waals surface area contributed by atoms with Gasteiger partial charge in [0.15, 0.2) is 11.5 Å². The Kier molecular flexibility index (Phi) is 6.48. The lowest BCUT2D eigenvalue weighted by Gasteiger charge is -2.66. The van der Waals surface area contributed by atoms with Crippen LogP contribution in [0.1, 0.15) is 47.6 Å². The van der Waals surface area contributed by atoms with Crippen molar-refractivity contribution in [1.29, 1.82) is 0 Å². The molecule has 2 fully saturated rings. The number of aliphatic hydroxyl groups is 1. The number of hydrogen-bond acceptors (Lipinski definition) is 5. The molecule has 6 atom stereocenters. The van der Waals surface area contributed by atoms with Crippen molar-refractivity contribution in [3.05, 3.63) is 101 Å². The van der Waals surface area contributed by atoms with Crippen LogP contribution >= 0.6 is 0 Å². The van der Waals surface area contributed by atoms with E-state index < -0.39 is 17.1 Å². The Morgan fingerprint density at radius 2 is 1.95 bits per heavy atom. The van der Waals surface area contributed by atoms with E-state index in [0.29, 0.717) is 18.6 Å². The predicted octanol–water partition coefficient (Wildman–Crippen LogP) is 4.88. The molecular formula is C36H40N2O4. The first kappa shape index (κ1) is 27.2. The lowest BCUT2D eigenvalue weighted by Crippen LogP contribution is -2.79. The number of likely N-dealkylation sites (tertiary alicyclic amines) is 1. The molecule has 3 aromatic rings. The van der Waals surface area contributed by atoms with Gasteiger partial charge in [0.25, 0.3) is 0 Å². The number of hydrogen-bond donors (Lipinski definition) is 2. The molecule has 6 heteroatoms. The maximum Gasteiger partial charge on any atom is 0.246 e. The van der Waals surface area contributed by atoms with Gasteiger partial charge in [0.2, 0.25) is 5.91 Å². The van der Waals surface area contributed by atoms with Gasteiger partial charge in [-0.1, -0.05) is 73.2 Å². The van der Waals surface area contributed by atoms with Crippen LogP contribution in [0.25, 0.3) is 6.08 Å². The number of carbonyl (C=O) groups excluding carboxylic acids is 1. The van der Waals surface area contributed by atoms with Crippen molar-refractivity contribution >= 4 is 12.0 Å². The van der Waals surface area contributed by atoms with E-state index in [1.807, 2.05) is 55.3 Å². The Hall–Kier alpha value is -3.61. The molecule has 3 aromatic carbocycles. The fraction of sp³-hybridized carbons (Fsp3) is 0.417. The Morgan fingerprint density at radius 1 is 1.14 bits per heavy atom. The largest absolute Gasteiger partial charge is 0.504 e. The van der Waals surface area contributed by atoms with Crippen molar-refractivity contribution in [1.82, 2.24) is 9.80 Å². The Morgan fingerprint density at radius 3 is 2.74 bits per heavy atom. The summed E-state index contributed by atoms with van der Waals surface area (Å²) in [7, 11) is 1.85. The third-order valence-corrected chi connectivity index (χ3v) is 10.7. The van der Waals surface area contributed by atoms with E-state index in [9.17, 15) is 15.0 Å². The van der Waals surface area contributed by atoms with Crippen molar-refractivity contribution in [3.8, 4) is 11.5 Å². The molecule has 6 nitrogen and oxygen atoms in total. The maximum absolute atomic E-state index is 13.6. The first-order chi connectivity index (χ1) is 20.2. The van der Waals surface area contributed by atoms with E-state index in [0.717, 1.165) is 48.2 Å². The monoisotopic (exact) mass is 564 g/mol. The molecule has 1 spiro atoms. The summed E-state index contributed by atoms with van der Waals surface area (Å²) in [5, 5.41) is 23.9. The number of ether oxygens (including phenoxy) is 1. The van der Waals surface area contributed by atoms with E-state index in [4.69, 9.17) is 4.74 Å². The van der Waals surface area contributed by atoms with Crippen molar-refractivity contribution in [3.63, 3.8) is 0 Å². The Labute approximate surface area is 248 Å². The molecule has 2 heterocycles. The average Bonchev–Trinajstić information content (AvgIpc) is 3.32. The summed E-state index contributed by atoms with van der Waals surface area (Å²) in [6.07, 6.45) is 5.98. The molecule has 2 aliphatic heterocycles. The zero-order chi connectivity index (χ0) is 29.2. The van der Waals surface area contributed by atoms with Crippen LogP contribution in [0.5, 0.6) is 11.5 Å².